The molecule has 156 valence electrons. The van der Waals surface area contributed by atoms with Crippen LogP contribution in [0, 0.1) is 25.2 Å². The molecule has 0 aliphatic carbocycles. The molecule has 1 N–H and O–H groups in total. The first kappa shape index (κ1) is 21.6. The molecule has 1 heterocycles. The average Bonchev–Trinajstić information content (AvgIpc) is 2.78. The zero-order chi connectivity index (χ0) is 22.2. The molecule has 3 rings (SSSR count). The predicted octanol–water partition coefficient (Wildman–Crippen LogP) is 4.83. The molecule has 0 aliphatic heterocycles. The Labute approximate surface area is 181 Å². The lowest BCUT2D eigenvalue weighted by atomic mass is 10.0. The normalized spacial score (nSPS) is 10.8. The Balaban J connectivity index is 1.79. The van der Waals surface area contributed by atoms with Crippen LogP contribution in [0.25, 0.3) is 6.08 Å². The van der Waals surface area contributed by atoms with Crippen LogP contribution in [0.15, 0.2) is 66.4 Å². The highest BCUT2D eigenvalue weighted by atomic mass is 16.5. The van der Waals surface area contributed by atoms with E-state index >= 15 is 0 Å². The highest BCUT2D eigenvalue weighted by molar-refractivity contribution is 6.10. The minimum atomic E-state index is -0.502. The van der Waals surface area contributed by atoms with Gasteiger partial charge in [-0.2, -0.15) is 5.26 Å². The van der Waals surface area contributed by atoms with Gasteiger partial charge in [-0.1, -0.05) is 18.2 Å². The number of anilines is 1. The maximum atomic E-state index is 12.6. The van der Waals surface area contributed by atoms with Crippen LogP contribution < -0.4 is 14.8 Å². The number of amides is 1. The van der Waals surface area contributed by atoms with Crippen LogP contribution in [0.1, 0.15) is 22.4 Å². The standard InChI is InChI=1S/C25H23N3O3/c1-17-12-19(13-18(2)24(17)31-16-21-8-6-7-11-27-21)14-20(15-26)25(29)28-22-9-4-5-10-23(22)30-3/h4-14H,16H2,1-3H3,(H,28,29)/b20-14+. The van der Waals surface area contributed by atoms with E-state index in [0.717, 1.165) is 28.1 Å². The van der Waals surface area contributed by atoms with Gasteiger partial charge in [-0.25, -0.2) is 0 Å². The van der Waals surface area contributed by atoms with E-state index in [1.54, 1.807) is 36.5 Å². The summed E-state index contributed by atoms with van der Waals surface area (Å²) in [6.07, 6.45) is 3.29. The molecule has 0 bridgehead atoms. The molecule has 0 radical (unpaired) electrons. The number of nitrogens with zero attached hydrogens (tertiary/aromatic N) is 2. The number of aromatic nitrogens is 1. The molecule has 0 saturated heterocycles. The van der Waals surface area contributed by atoms with E-state index in [9.17, 15) is 10.1 Å². The van der Waals surface area contributed by atoms with Gasteiger partial charge in [-0.3, -0.25) is 9.78 Å². The van der Waals surface area contributed by atoms with E-state index < -0.39 is 5.91 Å². The molecular formula is C25H23N3O3. The summed E-state index contributed by atoms with van der Waals surface area (Å²) in [6, 6.07) is 18.5. The number of nitriles is 1. The monoisotopic (exact) mass is 413 g/mol. The summed E-state index contributed by atoms with van der Waals surface area (Å²) in [5.74, 6) is 0.784. The van der Waals surface area contributed by atoms with Gasteiger partial charge >= 0.3 is 0 Å². The number of rotatable bonds is 7. The summed E-state index contributed by atoms with van der Waals surface area (Å²) >= 11 is 0. The van der Waals surface area contributed by atoms with Crippen molar-refractivity contribution >= 4 is 17.7 Å². The van der Waals surface area contributed by atoms with Crippen molar-refractivity contribution in [3.05, 3.63) is 88.8 Å². The Morgan fingerprint density at radius 2 is 1.84 bits per heavy atom. The number of carbonyl (C=O) groups is 1. The van der Waals surface area contributed by atoms with Crippen LogP contribution in [0.3, 0.4) is 0 Å². The van der Waals surface area contributed by atoms with Gasteiger partial charge in [0.1, 0.15) is 29.7 Å². The third-order valence-electron chi connectivity index (χ3n) is 4.60. The highest BCUT2D eigenvalue weighted by Gasteiger charge is 2.13. The minimum absolute atomic E-state index is 0.00754. The largest absolute Gasteiger partial charge is 0.495 e. The number of methoxy groups -OCH3 is 1. The highest BCUT2D eigenvalue weighted by Crippen LogP contribution is 2.27. The smallest absolute Gasteiger partial charge is 0.266 e. The van der Waals surface area contributed by atoms with Gasteiger partial charge in [0.2, 0.25) is 0 Å². The number of hydrogen-bond acceptors (Lipinski definition) is 5. The molecule has 1 aromatic heterocycles. The van der Waals surface area contributed by atoms with E-state index in [1.165, 1.54) is 7.11 Å². The number of nitrogens with one attached hydrogen (secondary N) is 1. The molecule has 1 amide bonds. The van der Waals surface area contributed by atoms with E-state index in [0.29, 0.717) is 18.0 Å². The Morgan fingerprint density at radius 1 is 1.13 bits per heavy atom. The van der Waals surface area contributed by atoms with Crippen molar-refractivity contribution in [1.29, 1.82) is 5.26 Å². The van der Waals surface area contributed by atoms with Crippen molar-refractivity contribution in [2.75, 3.05) is 12.4 Å². The summed E-state index contributed by atoms with van der Waals surface area (Å²) in [5.41, 5.74) is 3.89. The van der Waals surface area contributed by atoms with Gasteiger partial charge in [-0.05, 0) is 73.0 Å². The second-order valence-electron chi connectivity index (χ2n) is 6.92. The molecule has 0 atom stereocenters. The number of pyridine rings is 1. The van der Waals surface area contributed by atoms with Crippen molar-refractivity contribution in [2.45, 2.75) is 20.5 Å². The van der Waals surface area contributed by atoms with Crippen molar-refractivity contribution in [3.63, 3.8) is 0 Å². The van der Waals surface area contributed by atoms with Crippen LogP contribution in [0.2, 0.25) is 0 Å². The van der Waals surface area contributed by atoms with Crippen LogP contribution in [-0.2, 0) is 11.4 Å². The summed E-state index contributed by atoms with van der Waals surface area (Å²) in [4.78, 5) is 16.9. The molecule has 6 nitrogen and oxygen atoms in total. The Morgan fingerprint density at radius 3 is 2.48 bits per heavy atom. The molecule has 0 fully saturated rings. The van der Waals surface area contributed by atoms with Crippen molar-refractivity contribution in [2.24, 2.45) is 0 Å². The van der Waals surface area contributed by atoms with Gasteiger partial charge in [0.15, 0.2) is 0 Å². The van der Waals surface area contributed by atoms with Crippen LogP contribution in [0.5, 0.6) is 11.5 Å². The average molecular weight is 413 g/mol. The first-order valence-corrected chi connectivity index (χ1v) is 9.72. The van der Waals surface area contributed by atoms with Crippen molar-refractivity contribution in [3.8, 4) is 17.6 Å². The fraction of sp³-hybridized carbons (Fsp3) is 0.160. The maximum Gasteiger partial charge on any atom is 0.266 e. The third-order valence-corrected chi connectivity index (χ3v) is 4.60. The van der Waals surface area contributed by atoms with Gasteiger partial charge in [0.25, 0.3) is 5.91 Å². The predicted molar refractivity (Wildman–Crippen MR) is 120 cm³/mol. The first-order valence-electron chi connectivity index (χ1n) is 9.72. The lowest BCUT2D eigenvalue weighted by Gasteiger charge is -2.13. The Kier molecular flexibility index (Phi) is 7.02. The summed E-state index contributed by atoms with van der Waals surface area (Å²) in [7, 11) is 1.52. The molecule has 0 saturated carbocycles. The number of ether oxygens (including phenoxy) is 2. The first-order chi connectivity index (χ1) is 15.0. The van der Waals surface area contributed by atoms with Gasteiger partial charge in [0.05, 0.1) is 18.5 Å². The lowest BCUT2D eigenvalue weighted by Crippen LogP contribution is -2.14. The molecule has 0 unspecified atom stereocenters. The van der Waals surface area contributed by atoms with E-state index in [2.05, 4.69) is 10.3 Å². The molecule has 3 aromatic rings. The van der Waals surface area contributed by atoms with Crippen LogP contribution in [0.4, 0.5) is 5.69 Å². The molecule has 2 aromatic carbocycles. The van der Waals surface area contributed by atoms with Gasteiger partial charge in [-0.15, -0.1) is 0 Å². The Bertz CT molecular complexity index is 1130. The van der Waals surface area contributed by atoms with Gasteiger partial charge < -0.3 is 14.8 Å². The fourth-order valence-electron chi connectivity index (χ4n) is 3.18. The SMILES string of the molecule is COc1ccccc1NC(=O)/C(C#N)=C/c1cc(C)c(OCc2ccccn2)c(C)c1. The minimum Gasteiger partial charge on any atom is -0.495 e. The second-order valence-corrected chi connectivity index (χ2v) is 6.92. The third kappa shape index (κ3) is 5.49. The lowest BCUT2D eigenvalue weighted by molar-refractivity contribution is -0.112. The van der Waals surface area contributed by atoms with Crippen molar-refractivity contribution < 1.29 is 14.3 Å². The second kappa shape index (κ2) is 10.1. The summed E-state index contributed by atoms with van der Waals surface area (Å²) in [5, 5.41) is 12.2. The van der Waals surface area contributed by atoms with Gasteiger partial charge in [0, 0.05) is 6.20 Å². The summed E-state index contributed by atoms with van der Waals surface area (Å²) < 4.78 is 11.2. The van der Waals surface area contributed by atoms with E-state index in [1.807, 2.05) is 50.2 Å². The number of carbonyl (C=O) groups excluding carboxylic acids is 1. The van der Waals surface area contributed by atoms with Crippen LogP contribution in [-0.4, -0.2) is 18.0 Å². The van der Waals surface area contributed by atoms with Crippen molar-refractivity contribution in [1.82, 2.24) is 4.98 Å². The Hall–Kier alpha value is -4.11. The van der Waals surface area contributed by atoms with Crippen LogP contribution >= 0.6 is 0 Å². The topological polar surface area (TPSA) is 84.2 Å². The molecule has 31 heavy (non-hydrogen) atoms. The molecule has 0 aliphatic rings. The zero-order valence-electron chi connectivity index (χ0n) is 17.7. The van der Waals surface area contributed by atoms with E-state index in [-0.39, 0.29) is 5.57 Å². The fourth-order valence-corrected chi connectivity index (χ4v) is 3.18. The zero-order valence-corrected chi connectivity index (χ0v) is 17.7. The number of para-hydroxylation sites is 2. The summed E-state index contributed by atoms with van der Waals surface area (Å²) in [6.45, 7) is 4.22. The van der Waals surface area contributed by atoms with E-state index in [4.69, 9.17) is 9.47 Å². The number of aryl methyl sites for hydroxylation is 2. The quantitative estimate of drug-likeness (QED) is 0.443. The number of benzene rings is 2. The molecule has 6 heteroatoms. The molecule has 0 spiro atoms. The number of hydrogen-bond donors (Lipinski definition) is 1. The molecular weight excluding hydrogens is 390 g/mol. The maximum absolute atomic E-state index is 12.6.